The van der Waals surface area contributed by atoms with Gasteiger partial charge in [0.1, 0.15) is 11.5 Å². The van der Waals surface area contributed by atoms with Gasteiger partial charge in [0.15, 0.2) is 0 Å². The second-order valence-corrected chi connectivity index (χ2v) is 4.49. The van der Waals surface area contributed by atoms with E-state index in [0.29, 0.717) is 5.82 Å². The van der Waals surface area contributed by atoms with Crippen molar-refractivity contribution in [3.8, 4) is 11.8 Å². The minimum absolute atomic E-state index is 0.146. The van der Waals surface area contributed by atoms with Crippen LogP contribution < -0.4 is 5.32 Å². The Kier molecular flexibility index (Phi) is 3.36. The summed E-state index contributed by atoms with van der Waals surface area (Å²) < 4.78 is 0. The third-order valence-electron chi connectivity index (χ3n) is 2.80. The summed E-state index contributed by atoms with van der Waals surface area (Å²) in [4.78, 5) is 22.4. The third-order valence-corrected chi connectivity index (χ3v) is 2.80. The zero-order valence-corrected chi connectivity index (χ0v) is 11.3. The van der Waals surface area contributed by atoms with Gasteiger partial charge in [-0.15, -0.1) is 0 Å². The van der Waals surface area contributed by atoms with E-state index in [1.807, 2.05) is 24.3 Å². The number of amides is 1. The number of rotatable bonds is 1. The third kappa shape index (κ3) is 3.07. The Morgan fingerprint density at radius 3 is 2.86 bits per heavy atom. The zero-order chi connectivity index (χ0) is 14.7. The lowest BCUT2D eigenvalue weighted by Gasteiger charge is -1.99. The molecule has 1 amide bonds. The van der Waals surface area contributed by atoms with E-state index in [1.165, 1.54) is 6.92 Å². The van der Waals surface area contributed by atoms with E-state index in [1.54, 1.807) is 18.5 Å². The van der Waals surface area contributed by atoms with Gasteiger partial charge in [-0.2, -0.15) is 0 Å². The van der Waals surface area contributed by atoms with Crippen LogP contribution in [0.5, 0.6) is 0 Å². The van der Waals surface area contributed by atoms with Gasteiger partial charge in [-0.25, -0.2) is 9.97 Å². The molecule has 0 fully saturated rings. The summed E-state index contributed by atoms with van der Waals surface area (Å²) in [5, 5.41) is 3.64. The Hall–Kier alpha value is -3.13. The molecule has 0 radical (unpaired) electrons. The Labute approximate surface area is 121 Å². The van der Waals surface area contributed by atoms with Gasteiger partial charge in [0.2, 0.25) is 5.91 Å². The lowest BCUT2D eigenvalue weighted by Crippen LogP contribution is -2.06. The highest BCUT2D eigenvalue weighted by Gasteiger charge is 1.98. The van der Waals surface area contributed by atoms with Crippen LogP contribution in [0.1, 0.15) is 18.2 Å². The summed E-state index contributed by atoms with van der Waals surface area (Å²) in [5.41, 5.74) is 2.39. The van der Waals surface area contributed by atoms with Gasteiger partial charge in [0.25, 0.3) is 0 Å². The first-order chi connectivity index (χ1) is 10.2. The maximum Gasteiger partial charge on any atom is 0.222 e. The number of carbonyl (C=O) groups excluding carboxylic acids is 1. The van der Waals surface area contributed by atoms with Gasteiger partial charge in [-0.3, -0.25) is 4.79 Å². The van der Waals surface area contributed by atoms with Crippen LogP contribution in [0, 0.1) is 11.8 Å². The van der Waals surface area contributed by atoms with Crippen molar-refractivity contribution in [1.82, 2.24) is 15.0 Å². The highest BCUT2D eigenvalue weighted by atomic mass is 16.1. The van der Waals surface area contributed by atoms with Crippen molar-refractivity contribution in [2.75, 3.05) is 5.32 Å². The highest BCUT2D eigenvalue weighted by molar-refractivity contribution is 5.87. The summed E-state index contributed by atoms with van der Waals surface area (Å²) >= 11 is 0. The molecule has 0 spiro atoms. The monoisotopic (exact) mass is 276 g/mol. The van der Waals surface area contributed by atoms with Gasteiger partial charge in [-0.05, 0) is 36.3 Å². The molecular weight excluding hydrogens is 264 g/mol. The lowest BCUT2D eigenvalue weighted by molar-refractivity contribution is -0.114. The maximum atomic E-state index is 10.9. The summed E-state index contributed by atoms with van der Waals surface area (Å²) in [5.74, 6) is 6.43. The second kappa shape index (κ2) is 5.47. The van der Waals surface area contributed by atoms with E-state index in [-0.39, 0.29) is 5.91 Å². The number of fused-ring (bicyclic) bond motifs is 1. The number of nitrogens with one attached hydrogen (secondary N) is 2. The SMILES string of the molecule is CC(=O)Nc1ccc(C#Cc2cc3cccnc3[nH]2)cn1. The first-order valence-corrected chi connectivity index (χ1v) is 6.40. The molecule has 0 unspecified atom stereocenters. The number of carbonyl (C=O) groups is 1. The minimum Gasteiger partial charge on any atom is -0.333 e. The molecule has 0 aromatic carbocycles. The number of hydrogen-bond acceptors (Lipinski definition) is 3. The van der Waals surface area contributed by atoms with Crippen LogP contribution in [-0.4, -0.2) is 20.9 Å². The molecule has 0 aliphatic rings. The van der Waals surface area contributed by atoms with Crippen LogP contribution in [0.25, 0.3) is 11.0 Å². The smallest absolute Gasteiger partial charge is 0.222 e. The van der Waals surface area contributed by atoms with Gasteiger partial charge >= 0.3 is 0 Å². The van der Waals surface area contributed by atoms with Crippen molar-refractivity contribution in [2.24, 2.45) is 0 Å². The van der Waals surface area contributed by atoms with Gasteiger partial charge in [0, 0.05) is 30.3 Å². The second-order valence-electron chi connectivity index (χ2n) is 4.49. The molecule has 3 aromatic heterocycles. The number of H-pyrrole nitrogens is 1. The molecule has 0 aliphatic heterocycles. The topological polar surface area (TPSA) is 70.7 Å². The lowest BCUT2D eigenvalue weighted by atomic mass is 10.2. The van der Waals surface area contributed by atoms with E-state index in [0.717, 1.165) is 22.3 Å². The predicted octanol–water partition coefficient (Wildman–Crippen LogP) is 2.32. The fraction of sp³-hybridized carbons (Fsp3) is 0.0625. The Balaban J connectivity index is 1.81. The first-order valence-electron chi connectivity index (χ1n) is 6.40. The van der Waals surface area contributed by atoms with E-state index < -0.39 is 0 Å². The quantitative estimate of drug-likeness (QED) is 0.670. The van der Waals surface area contributed by atoms with Crippen molar-refractivity contribution in [1.29, 1.82) is 0 Å². The fourth-order valence-corrected chi connectivity index (χ4v) is 1.89. The number of aromatic nitrogens is 3. The Morgan fingerprint density at radius 1 is 1.24 bits per heavy atom. The number of anilines is 1. The van der Waals surface area contributed by atoms with E-state index in [2.05, 4.69) is 32.1 Å². The van der Waals surface area contributed by atoms with Crippen LogP contribution in [0.2, 0.25) is 0 Å². The van der Waals surface area contributed by atoms with Gasteiger partial charge in [0.05, 0.1) is 5.69 Å². The average molecular weight is 276 g/mol. The molecule has 5 heteroatoms. The zero-order valence-electron chi connectivity index (χ0n) is 11.3. The van der Waals surface area contributed by atoms with Crippen LogP contribution in [0.15, 0.2) is 42.7 Å². The molecular formula is C16H12N4O. The molecule has 5 nitrogen and oxygen atoms in total. The van der Waals surface area contributed by atoms with Crippen molar-refractivity contribution in [3.05, 3.63) is 54.0 Å². The molecule has 3 aromatic rings. The van der Waals surface area contributed by atoms with Crippen molar-refractivity contribution < 1.29 is 4.79 Å². The van der Waals surface area contributed by atoms with Crippen molar-refractivity contribution in [2.45, 2.75) is 6.92 Å². The molecule has 0 bridgehead atoms. The number of nitrogens with zero attached hydrogens (tertiary/aromatic N) is 2. The van der Waals surface area contributed by atoms with Crippen molar-refractivity contribution in [3.63, 3.8) is 0 Å². The summed E-state index contributed by atoms with van der Waals surface area (Å²) in [7, 11) is 0. The Morgan fingerprint density at radius 2 is 2.14 bits per heavy atom. The Bertz CT molecular complexity index is 820. The average Bonchev–Trinajstić information content (AvgIpc) is 2.89. The summed E-state index contributed by atoms with van der Waals surface area (Å²) in [6, 6.07) is 9.35. The number of hydrogen-bond donors (Lipinski definition) is 2. The highest BCUT2D eigenvalue weighted by Crippen LogP contribution is 2.11. The van der Waals surface area contributed by atoms with Crippen LogP contribution in [-0.2, 0) is 4.79 Å². The number of aromatic amines is 1. The van der Waals surface area contributed by atoms with Crippen LogP contribution in [0.3, 0.4) is 0 Å². The molecule has 0 aliphatic carbocycles. The predicted molar refractivity (Wildman–Crippen MR) is 80.6 cm³/mol. The normalized spacial score (nSPS) is 9.95. The molecule has 0 atom stereocenters. The molecule has 3 heterocycles. The summed E-state index contributed by atoms with van der Waals surface area (Å²) in [6.07, 6.45) is 3.36. The molecule has 102 valence electrons. The van der Waals surface area contributed by atoms with E-state index in [4.69, 9.17) is 0 Å². The molecule has 3 rings (SSSR count). The van der Waals surface area contributed by atoms with Crippen molar-refractivity contribution >= 4 is 22.8 Å². The maximum absolute atomic E-state index is 10.9. The molecule has 21 heavy (non-hydrogen) atoms. The minimum atomic E-state index is -0.146. The first kappa shape index (κ1) is 12.9. The van der Waals surface area contributed by atoms with Gasteiger partial charge in [-0.1, -0.05) is 5.92 Å². The molecule has 0 saturated heterocycles. The van der Waals surface area contributed by atoms with E-state index >= 15 is 0 Å². The van der Waals surface area contributed by atoms with Crippen LogP contribution >= 0.6 is 0 Å². The molecule has 2 N–H and O–H groups in total. The largest absolute Gasteiger partial charge is 0.333 e. The number of pyridine rings is 2. The summed E-state index contributed by atoms with van der Waals surface area (Å²) in [6.45, 7) is 1.44. The van der Waals surface area contributed by atoms with Crippen LogP contribution in [0.4, 0.5) is 5.82 Å². The fourth-order valence-electron chi connectivity index (χ4n) is 1.89. The van der Waals surface area contributed by atoms with Gasteiger partial charge < -0.3 is 10.3 Å². The molecule has 0 saturated carbocycles. The van der Waals surface area contributed by atoms with E-state index in [9.17, 15) is 4.79 Å². The standard InChI is InChI=1S/C16H12N4O/c1-11(21)19-15-7-5-12(10-18-15)4-6-14-9-13-3-2-8-17-16(13)20-14/h2-3,5,7-10H,1H3,(H,17,20)(H,18,19,21).